The summed E-state index contributed by atoms with van der Waals surface area (Å²) in [6.45, 7) is 1.65. The number of fused-ring (bicyclic) bond motifs is 3. The maximum atomic E-state index is 12.1. The summed E-state index contributed by atoms with van der Waals surface area (Å²) in [6.07, 6.45) is 2.50. The summed E-state index contributed by atoms with van der Waals surface area (Å²) in [5, 5.41) is 0.618. The van der Waals surface area contributed by atoms with E-state index in [0.29, 0.717) is 22.6 Å². The molecule has 0 bridgehead atoms. The van der Waals surface area contributed by atoms with Crippen LogP contribution in [0.25, 0.3) is 0 Å². The Hall–Kier alpha value is -2.27. The highest BCUT2D eigenvalue weighted by Gasteiger charge is 2.46. The molecule has 3 atom stereocenters. The molecule has 6 heteroatoms. The zero-order valence-electron chi connectivity index (χ0n) is 12.2. The van der Waals surface area contributed by atoms with E-state index in [1.54, 1.807) is 13.0 Å². The fourth-order valence-corrected chi connectivity index (χ4v) is 3.36. The van der Waals surface area contributed by atoms with Crippen LogP contribution in [0.1, 0.15) is 24.2 Å². The number of cyclic esters (lactones) is 1. The molecule has 2 heterocycles. The van der Waals surface area contributed by atoms with Crippen molar-refractivity contribution in [3.63, 3.8) is 0 Å². The van der Waals surface area contributed by atoms with E-state index in [1.165, 1.54) is 6.26 Å². The Labute approximate surface area is 137 Å². The summed E-state index contributed by atoms with van der Waals surface area (Å²) in [5.74, 6) is -0.919. The van der Waals surface area contributed by atoms with Gasteiger partial charge in [-0.15, -0.1) is 0 Å². The second-order valence-electron chi connectivity index (χ2n) is 5.81. The van der Waals surface area contributed by atoms with Crippen LogP contribution < -0.4 is 0 Å². The van der Waals surface area contributed by atoms with E-state index >= 15 is 0 Å². The highest BCUT2D eigenvalue weighted by atomic mass is 35.5. The Morgan fingerprint density at radius 2 is 2.09 bits per heavy atom. The van der Waals surface area contributed by atoms with Crippen molar-refractivity contribution in [1.82, 2.24) is 0 Å². The largest absolute Gasteiger partial charge is 0.458 e. The molecule has 0 saturated carbocycles. The van der Waals surface area contributed by atoms with Gasteiger partial charge < -0.3 is 14.2 Å². The standard InChI is InChI=1S/C17H13ClO5/c1-8-4-14(22-16(8)19)21-7-13-12-5-9-2-3-10(18)6-11(9)15(12)23-17(13)20/h2-4,6-7,12,14-15H,5H2,1H3/b13-7+/t12-,14+,15-/m0/s1. The van der Waals surface area contributed by atoms with E-state index in [-0.39, 0.29) is 12.0 Å². The molecule has 1 aromatic rings. The lowest BCUT2D eigenvalue weighted by Crippen LogP contribution is -2.11. The molecule has 2 aliphatic heterocycles. The first kappa shape index (κ1) is 14.3. The van der Waals surface area contributed by atoms with E-state index in [4.69, 9.17) is 25.8 Å². The molecule has 1 saturated heterocycles. The van der Waals surface area contributed by atoms with Crippen molar-refractivity contribution in [1.29, 1.82) is 0 Å². The lowest BCUT2D eigenvalue weighted by atomic mass is 9.98. The van der Waals surface area contributed by atoms with E-state index in [1.807, 2.05) is 18.2 Å². The van der Waals surface area contributed by atoms with Crippen LogP contribution in [-0.2, 0) is 30.2 Å². The van der Waals surface area contributed by atoms with Crippen molar-refractivity contribution < 1.29 is 23.8 Å². The van der Waals surface area contributed by atoms with Gasteiger partial charge in [0.05, 0.1) is 11.8 Å². The third-order valence-corrected chi connectivity index (χ3v) is 4.58. The zero-order chi connectivity index (χ0) is 16.1. The number of carbonyl (C=O) groups is 2. The second-order valence-corrected chi connectivity index (χ2v) is 6.25. The number of benzene rings is 1. The highest BCUT2D eigenvalue weighted by molar-refractivity contribution is 6.30. The molecular formula is C17H13ClO5. The van der Waals surface area contributed by atoms with Crippen LogP contribution in [0.3, 0.4) is 0 Å². The molecule has 0 radical (unpaired) electrons. The van der Waals surface area contributed by atoms with Crippen LogP contribution in [0.4, 0.5) is 0 Å². The number of hydrogen-bond donors (Lipinski definition) is 0. The molecule has 0 N–H and O–H groups in total. The van der Waals surface area contributed by atoms with Crippen LogP contribution >= 0.6 is 11.6 Å². The minimum atomic E-state index is -0.792. The molecule has 0 unspecified atom stereocenters. The van der Waals surface area contributed by atoms with Gasteiger partial charge in [0, 0.05) is 22.6 Å². The third kappa shape index (κ3) is 2.32. The van der Waals surface area contributed by atoms with Gasteiger partial charge >= 0.3 is 11.9 Å². The summed E-state index contributed by atoms with van der Waals surface area (Å²) in [6, 6.07) is 5.62. The Kier molecular flexibility index (Phi) is 3.20. The van der Waals surface area contributed by atoms with Gasteiger partial charge in [0.2, 0.25) is 0 Å². The van der Waals surface area contributed by atoms with Crippen molar-refractivity contribution in [3.8, 4) is 0 Å². The lowest BCUT2D eigenvalue weighted by molar-refractivity contribution is -0.152. The first-order chi connectivity index (χ1) is 11.0. The Bertz CT molecular complexity index is 779. The summed E-state index contributed by atoms with van der Waals surface area (Å²) < 4.78 is 15.9. The number of ether oxygens (including phenoxy) is 3. The molecule has 0 aromatic heterocycles. The molecular weight excluding hydrogens is 320 g/mol. The number of carbonyl (C=O) groups excluding carboxylic acids is 2. The van der Waals surface area contributed by atoms with Gasteiger partial charge in [0.25, 0.3) is 6.29 Å². The fraction of sp³-hybridized carbons (Fsp3) is 0.294. The minimum absolute atomic E-state index is 0.0989. The normalized spacial score (nSPS) is 29.9. The quantitative estimate of drug-likeness (QED) is 0.473. The van der Waals surface area contributed by atoms with Gasteiger partial charge in [0.15, 0.2) is 0 Å². The summed E-state index contributed by atoms with van der Waals surface area (Å²) in [4.78, 5) is 23.4. The first-order valence-corrected chi connectivity index (χ1v) is 7.65. The average Bonchev–Trinajstić information content (AvgIpc) is 3.10. The Morgan fingerprint density at radius 1 is 1.26 bits per heavy atom. The average molecular weight is 333 g/mol. The second kappa shape index (κ2) is 5.13. The van der Waals surface area contributed by atoms with E-state index in [0.717, 1.165) is 11.1 Å². The Balaban J connectivity index is 1.56. The molecule has 0 amide bonds. The monoisotopic (exact) mass is 332 g/mol. The van der Waals surface area contributed by atoms with E-state index < -0.39 is 18.2 Å². The molecule has 1 fully saturated rings. The number of esters is 2. The van der Waals surface area contributed by atoms with Gasteiger partial charge in [-0.25, -0.2) is 9.59 Å². The fourth-order valence-electron chi connectivity index (χ4n) is 3.18. The van der Waals surface area contributed by atoms with Crippen LogP contribution in [0.2, 0.25) is 5.02 Å². The maximum absolute atomic E-state index is 12.1. The van der Waals surface area contributed by atoms with Gasteiger partial charge in [-0.1, -0.05) is 17.7 Å². The maximum Gasteiger partial charge on any atom is 0.338 e. The molecule has 118 valence electrons. The summed E-state index contributed by atoms with van der Waals surface area (Å²) in [5.41, 5.74) is 3.01. The number of hydrogen-bond acceptors (Lipinski definition) is 5. The van der Waals surface area contributed by atoms with Crippen molar-refractivity contribution in [2.45, 2.75) is 25.7 Å². The van der Waals surface area contributed by atoms with Crippen molar-refractivity contribution >= 4 is 23.5 Å². The van der Waals surface area contributed by atoms with Gasteiger partial charge in [0.1, 0.15) is 6.10 Å². The number of rotatable bonds is 2. The van der Waals surface area contributed by atoms with Crippen LogP contribution in [0, 0.1) is 5.92 Å². The van der Waals surface area contributed by atoms with Crippen LogP contribution in [0.5, 0.6) is 0 Å². The Morgan fingerprint density at radius 3 is 2.83 bits per heavy atom. The van der Waals surface area contributed by atoms with Crippen LogP contribution in [-0.4, -0.2) is 18.2 Å². The SMILES string of the molecule is CC1=C[C@H](O/C=C2/C(=O)O[C@H]3c4cc(Cl)ccc4C[C@@H]23)OC1=O. The number of halogens is 1. The third-order valence-electron chi connectivity index (χ3n) is 4.35. The van der Waals surface area contributed by atoms with Gasteiger partial charge in [-0.3, -0.25) is 0 Å². The zero-order valence-corrected chi connectivity index (χ0v) is 13.0. The van der Waals surface area contributed by atoms with Crippen molar-refractivity contribution in [2.24, 2.45) is 5.92 Å². The van der Waals surface area contributed by atoms with Crippen molar-refractivity contribution in [3.05, 3.63) is 57.8 Å². The van der Waals surface area contributed by atoms with Crippen LogP contribution in [0.15, 0.2) is 41.7 Å². The summed E-state index contributed by atoms with van der Waals surface area (Å²) >= 11 is 6.03. The predicted octanol–water partition coefficient (Wildman–Crippen LogP) is 2.84. The molecule has 1 aromatic carbocycles. The topological polar surface area (TPSA) is 61.8 Å². The summed E-state index contributed by atoms with van der Waals surface area (Å²) in [7, 11) is 0. The smallest absolute Gasteiger partial charge is 0.338 e. The molecule has 23 heavy (non-hydrogen) atoms. The molecule has 5 nitrogen and oxygen atoms in total. The van der Waals surface area contributed by atoms with E-state index in [9.17, 15) is 9.59 Å². The predicted molar refractivity (Wildman–Crippen MR) is 80.3 cm³/mol. The highest BCUT2D eigenvalue weighted by Crippen LogP contribution is 2.48. The van der Waals surface area contributed by atoms with Gasteiger partial charge in [-0.2, -0.15) is 0 Å². The van der Waals surface area contributed by atoms with Gasteiger partial charge in [-0.05, 0) is 36.6 Å². The minimum Gasteiger partial charge on any atom is -0.458 e. The molecule has 3 aliphatic rings. The van der Waals surface area contributed by atoms with Crippen molar-refractivity contribution in [2.75, 3.05) is 0 Å². The molecule has 4 rings (SSSR count). The molecule has 0 spiro atoms. The molecule has 1 aliphatic carbocycles. The first-order valence-electron chi connectivity index (χ1n) is 7.27. The van der Waals surface area contributed by atoms with E-state index in [2.05, 4.69) is 0 Å². The lowest BCUT2D eigenvalue weighted by Gasteiger charge is -2.09.